The highest BCUT2D eigenvalue weighted by atomic mass is 16.5. The lowest BCUT2D eigenvalue weighted by atomic mass is 9.82. The molecule has 3 saturated heterocycles. The van der Waals surface area contributed by atoms with Gasteiger partial charge in [-0.05, 0) is 6.07 Å². The molecular weight excluding hydrogens is 330 g/mol. The Bertz CT molecular complexity index is 672. The van der Waals surface area contributed by atoms with Crippen LogP contribution >= 0.6 is 0 Å². The van der Waals surface area contributed by atoms with Gasteiger partial charge in [0.1, 0.15) is 5.75 Å². The SMILES string of the molecule is CC(C)C(=O)N1C[C@@H]2COCCN2C2(CN(Cc3ccccc3O)C2)C1. The standard InChI is InChI=1S/C20H29N3O3/c1-15(2)19(25)22-10-17-11-26-8-7-23(17)20(14-22)12-21(13-20)9-16-5-3-4-6-18(16)24/h3-6,15,17,24H,7-14H2,1-2H3/t17-/m1/s1. The molecule has 1 spiro atoms. The van der Waals surface area contributed by atoms with Gasteiger partial charge >= 0.3 is 0 Å². The molecule has 6 nitrogen and oxygen atoms in total. The number of likely N-dealkylation sites (tertiary alicyclic amines) is 1. The number of benzene rings is 1. The van der Waals surface area contributed by atoms with Gasteiger partial charge in [0.05, 0.1) is 24.8 Å². The highest BCUT2D eigenvalue weighted by Crippen LogP contribution is 2.37. The van der Waals surface area contributed by atoms with E-state index in [-0.39, 0.29) is 17.4 Å². The van der Waals surface area contributed by atoms with Gasteiger partial charge in [-0.25, -0.2) is 0 Å². The maximum absolute atomic E-state index is 12.6. The molecule has 1 N–H and O–H groups in total. The van der Waals surface area contributed by atoms with Crippen LogP contribution in [0.3, 0.4) is 0 Å². The summed E-state index contributed by atoms with van der Waals surface area (Å²) in [5.41, 5.74) is 0.994. The van der Waals surface area contributed by atoms with E-state index in [1.165, 1.54) is 0 Å². The van der Waals surface area contributed by atoms with Crippen molar-refractivity contribution in [2.45, 2.75) is 32.0 Å². The maximum Gasteiger partial charge on any atom is 0.225 e. The summed E-state index contributed by atoms with van der Waals surface area (Å²) in [7, 11) is 0. The number of fused-ring (bicyclic) bond motifs is 2. The monoisotopic (exact) mass is 359 g/mol. The highest BCUT2D eigenvalue weighted by Gasteiger charge is 2.54. The van der Waals surface area contributed by atoms with Crippen molar-refractivity contribution < 1.29 is 14.6 Å². The van der Waals surface area contributed by atoms with Gasteiger partial charge in [-0.1, -0.05) is 32.0 Å². The minimum absolute atomic E-state index is 0.0283. The Morgan fingerprint density at radius 3 is 2.81 bits per heavy atom. The summed E-state index contributed by atoms with van der Waals surface area (Å²) in [6.45, 7) is 10.6. The zero-order valence-electron chi connectivity index (χ0n) is 15.7. The summed E-state index contributed by atoms with van der Waals surface area (Å²) < 4.78 is 5.70. The van der Waals surface area contributed by atoms with E-state index in [0.717, 1.165) is 51.4 Å². The molecule has 3 heterocycles. The van der Waals surface area contributed by atoms with E-state index in [2.05, 4.69) is 14.7 Å². The van der Waals surface area contributed by atoms with Crippen LogP contribution in [0.5, 0.6) is 5.75 Å². The molecule has 0 aromatic heterocycles. The number of amides is 1. The Morgan fingerprint density at radius 2 is 2.08 bits per heavy atom. The molecule has 0 bridgehead atoms. The van der Waals surface area contributed by atoms with Gasteiger partial charge < -0.3 is 14.7 Å². The van der Waals surface area contributed by atoms with Crippen LogP contribution in [0.2, 0.25) is 0 Å². The molecule has 4 rings (SSSR count). The number of morpholine rings is 1. The van der Waals surface area contributed by atoms with Crippen LogP contribution in [0.15, 0.2) is 24.3 Å². The first-order valence-corrected chi connectivity index (χ1v) is 9.61. The Labute approximate surface area is 155 Å². The molecule has 1 amide bonds. The summed E-state index contributed by atoms with van der Waals surface area (Å²) in [6, 6.07) is 7.84. The molecular formula is C20H29N3O3. The van der Waals surface area contributed by atoms with E-state index in [1.807, 2.05) is 32.0 Å². The van der Waals surface area contributed by atoms with Gasteiger partial charge in [0.25, 0.3) is 0 Å². The molecule has 1 aromatic rings. The fourth-order valence-corrected chi connectivity index (χ4v) is 4.79. The number of piperazine rings is 1. The van der Waals surface area contributed by atoms with E-state index in [9.17, 15) is 9.90 Å². The van der Waals surface area contributed by atoms with Crippen LogP contribution in [0.1, 0.15) is 19.4 Å². The number of aromatic hydroxyl groups is 1. The molecule has 6 heteroatoms. The molecule has 1 atom stereocenters. The lowest BCUT2D eigenvalue weighted by molar-refractivity contribution is -0.177. The molecule has 3 fully saturated rings. The molecule has 3 aliphatic heterocycles. The maximum atomic E-state index is 12.6. The molecule has 3 aliphatic rings. The molecule has 0 saturated carbocycles. The van der Waals surface area contributed by atoms with Crippen LogP contribution in [0.25, 0.3) is 0 Å². The molecule has 1 aromatic carbocycles. The Morgan fingerprint density at radius 1 is 1.31 bits per heavy atom. The van der Waals surface area contributed by atoms with Gasteiger partial charge in [0.2, 0.25) is 5.91 Å². The van der Waals surface area contributed by atoms with Crippen molar-refractivity contribution in [3.05, 3.63) is 29.8 Å². The Kier molecular flexibility index (Phi) is 4.67. The van der Waals surface area contributed by atoms with Gasteiger partial charge in [-0.2, -0.15) is 0 Å². The smallest absolute Gasteiger partial charge is 0.225 e. The van der Waals surface area contributed by atoms with Crippen LogP contribution < -0.4 is 0 Å². The number of phenols is 1. The summed E-state index contributed by atoms with van der Waals surface area (Å²) >= 11 is 0. The van der Waals surface area contributed by atoms with Gasteiger partial charge in [-0.3, -0.25) is 14.6 Å². The quantitative estimate of drug-likeness (QED) is 0.877. The van der Waals surface area contributed by atoms with Gasteiger partial charge in [0.15, 0.2) is 0 Å². The Balaban J connectivity index is 1.48. The molecule has 142 valence electrons. The average molecular weight is 359 g/mol. The lowest BCUT2D eigenvalue weighted by Crippen LogP contribution is -2.80. The van der Waals surface area contributed by atoms with E-state index in [1.54, 1.807) is 6.07 Å². The second-order valence-electron chi connectivity index (χ2n) is 8.29. The van der Waals surface area contributed by atoms with Crippen molar-refractivity contribution in [2.75, 3.05) is 45.9 Å². The second kappa shape index (κ2) is 6.83. The molecule has 26 heavy (non-hydrogen) atoms. The van der Waals surface area contributed by atoms with Crippen molar-refractivity contribution in [3.63, 3.8) is 0 Å². The third-order valence-corrected chi connectivity index (χ3v) is 5.98. The van der Waals surface area contributed by atoms with E-state index >= 15 is 0 Å². The normalized spacial score (nSPS) is 26.0. The number of hydrogen-bond donors (Lipinski definition) is 1. The van der Waals surface area contributed by atoms with Crippen LogP contribution in [-0.4, -0.2) is 83.2 Å². The minimum Gasteiger partial charge on any atom is -0.508 e. The van der Waals surface area contributed by atoms with Crippen LogP contribution in [-0.2, 0) is 16.1 Å². The predicted octanol–water partition coefficient (Wildman–Crippen LogP) is 1.15. The topological polar surface area (TPSA) is 56.2 Å². The average Bonchev–Trinajstić information content (AvgIpc) is 2.61. The largest absolute Gasteiger partial charge is 0.508 e. The zero-order chi connectivity index (χ0) is 18.3. The number of hydrogen-bond acceptors (Lipinski definition) is 5. The lowest BCUT2D eigenvalue weighted by Gasteiger charge is -2.63. The van der Waals surface area contributed by atoms with Crippen molar-refractivity contribution in [2.24, 2.45) is 5.92 Å². The molecule has 0 unspecified atom stereocenters. The summed E-state index contributed by atoms with van der Waals surface area (Å²) in [4.78, 5) is 19.6. The van der Waals surface area contributed by atoms with E-state index in [4.69, 9.17) is 4.74 Å². The second-order valence-corrected chi connectivity index (χ2v) is 8.29. The van der Waals surface area contributed by atoms with Gasteiger partial charge in [-0.15, -0.1) is 0 Å². The van der Waals surface area contributed by atoms with Crippen molar-refractivity contribution in [1.82, 2.24) is 14.7 Å². The number of carbonyl (C=O) groups is 1. The first kappa shape index (κ1) is 17.8. The minimum atomic E-state index is 0.0283. The summed E-state index contributed by atoms with van der Waals surface area (Å²) in [5, 5.41) is 10.0. The van der Waals surface area contributed by atoms with E-state index in [0.29, 0.717) is 18.4 Å². The number of phenolic OH excluding ortho intramolecular Hbond substituents is 1. The van der Waals surface area contributed by atoms with Crippen molar-refractivity contribution >= 4 is 5.91 Å². The summed E-state index contributed by atoms with van der Waals surface area (Å²) in [6.07, 6.45) is 0. The fourth-order valence-electron chi connectivity index (χ4n) is 4.79. The summed E-state index contributed by atoms with van der Waals surface area (Å²) in [5.74, 6) is 0.632. The van der Waals surface area contributed by atoms with E-state index < -0.39 is 0 Å². The third kappa shape index (κ3) is 3.10. The number of ether oxygens (including phenoxy) is 1. The van der Waals surface area contributed by atoms with Crippen LogP contribution in [0, 0.1) is 5.92 Å². The Hall–Kier alpha value is -1.63. The van der Waals surface area contributed by atoms with Gasteiger partial charge in [0, 0.05) is 50.7 Å². The number of carbonyl (C=O) groups excluding carboxylic acids is 1. The number of rotatable bonds is 3. The number of nitrogens with zero attached hydrogens (tertiary/aromatic N) is 3. The van der Waals surface area contributed by atoms with Crippen molar-refractivity contribution in [1.29, 1.82) is 0 Å². The molecule has 0 radical (unpaired) electrons. The first-order chi connectivity index (χ1) is 12.5. The van der Waals surface area contributed by atoms with Crippen LogP contribution in [0.4, 0.5) is 0 Å². The van der Waals surface area contributed by atoms with Crippen molar-refractivity contribution in [3.8, 4) is 5.75 Å². The third-order valence-electron chi connectivity index (χ3n) is 5.98. The number of para-hydroxylation sites is 1. The molecule has 0 aliphatic carbocycles. The fraction of sp³-hybridized carbons (Fsp3) is 0.650. The zero-order valence-corrected chi connectivity index (χ0v) is 15.7. The predicted molar refractivity (Wildman–Crippen MR) is 98.8 cm³/mol. The highest BCUT2D eigenvalue weighted by molar-refractivity contribution is 5.78. The first-order valence-electron chi connectivity index (χ1n) is 9.61.